The quantitative estimate of drug-likeness (QED) is 0.395. The maximum atomic E-state index is 10.7. The average Bonchev–Trinajstić information content (AvgIpc) is 1.93. The first-order chi connectivity index (χ1) is 7.79. The fourth-order valence-electron chi connectivity index (χ4n) is 1.78. The predicted molar refractivity (Wildman–Crippen MR) is 66.2 cm³/mol. The fourth-order valence-corrected chi connectivity index (χ4v) is 2.98. The van der Waals surface area contributed by atoms with Gasteiger partial charge < -0.3 is 20.6 Å². The summed E-state index contributed by atoms with van der Waals surface area (Å²) >= 11 is 0. The van der Waals surface area contributed by atoms with Crippen LogP contribution < -0.4 is 5.73 Å². The van der Waals surface area contributed by atoms with Gasteiger partial charge in [0.25, 0.3) is 5.97 Å². The zero-order chi connectivity index (χ0) is 14.8. The van der Waals surface area contributed by atoms with Gasteiger partial charge in [0.15, 0.2) is 0 Å². The molecule has 110 valence electrons. The highest BCUT2D eigenvalue weighted by Crippen LogP contribution is 2.47. The Balaban J connectivity index is 5.28. The maximum absolute atomic E-state index is 10.7. The van der Waals surface area contributed by atoms with Crippen molar-refractivity contribution in [2.75, 3.05) is 0 Å². The Morgan fingerprint density at radius 2 is 1.39 bits per heavy atom. The van der Waals surface area contributed by atoms with Crippen LogP contribution in [0.4, 0.5) is 0 Å². The van der Waals surface area contributed by atoms with Crippen molar-refractivity contribution in [3.63, 3.8) is 0 Å². The Kier molecular flexibility index (Phi) is 6.19. The number of aliphatic hydroxyl groups is 1. The second kappa shape index (κ2) is 6.11. The highest BCUT2D eigenvalue weighted by atomic mass is 31.1. The first-order valence-corrected chi connectivity index (χ1v) is 7.67. The normalized spacial score (nSPS) is 20.2. The van der Waals surface area contributed by atoms with Gasteiger partial charge in [-0.3, -0.25) is 18.2 Å². The van der Waals surface area contributed by atoms with Crippen molar-refractivity contribution >= 4 is 16.5 Å². The van der Waals surface area contributed by atoms with Gasteiger partial charge in [-0.2, -0.15) is 0 Å². The summed E-state index contributed by atoms with van der Waals surface area (Å²) in [5, 5.41) is 10.1. The first-order valence-electron chi connectivity index (χ1n) is 5.14. The van der Waals surface area contributed by atoms with Crippen molar-refractivity contribution in [3.05, 3.63) is 0 Å². The van der Waals surface area contributed by atoms with E-state index in [1.54, 1.807) is 13.8 Å². The molecule has 0 aliphatic carbocycles. The van der Waals surface area contributed by atoms with E-state index in [1.165, 1.54) is 13.8 Å². The third-order valence-corrected chi connectivity index (χ3v) is 3.11. The second-order valence-electron chi connectivity index (χ2n) is 5.37. The van der Waals surface area contributed by atoms with Gasteiger partial charge in [-0.15, -0.1) is 0 Å². The molecule has 10 heteroatoms. The van der Waals surface area contributed by atoms with Gasteiger partial charge in [0.2, 0.25) is 0 Å². The summed E-state index contributed by atoms with van der Waals surface area (Å²) < 4.78 is 30.3. The van der Waals surface area contributed by atoms with Gasteiger partial charge >= 0.3 is 16.5 Å². The van der Waals surface area contributed by atoms with E-state index in [-0.39, 0.29) is 6.42 Å². The first kappa shape index (κ1) is 18.2. The summed E-state index contributed by atoms with van der Waals surface area (Å²) in [6, 6.07) is 0. The zero-order valence-corrected chi connectivity index (χ0v) is 12.8. The molecule has 18 heavy (non-hydrogen) atoms. The smallest absolute Gasteiger partial charge is 0.320 e. The van der Waals surface area contributed by atoms with E-state index in [9.17, 15) is 14.2 Å². The van der Waals surface area contributed by atoms with E-state index in [0.29, 0.717) is 0 Å². The Labute approximate surface area is 107 Å². The van der Waals surface area contributed by atoms with E-state index in [0.717, 1.165) is 0 Å². The molecule has 8 nitrogen and oxygen atoms in total. The molecule has 0 rings (SSSR count). The van der Waals surface area contributed by atoms with Crippen LogP contribution in [0.25, 0.3) is 0 Å². The molecule has 0 aliphatic rings. The molecule has 0 saturated carbocycles. The molecule has 5 N–H and O–H groups in total. The van der Waals surface area contributed by atoms with Crippen LogP contribution in [0.2, 0.25) is 0 Å². The number of hydrogen-bond donors (Lipinski definition) is 4. The average molecular weight is 305 g/mol. The molecule has 2 atom stereocenters. The molecule has 2 unspecified atom stereocenters. The van der Waals surface area contributed by atoms with E-state index in [2.05, 4.69) is 9.05 Å². The van der Waals surface area contributed by atoms with Crippen LogP contribution >= 0.6 is 16.5 Å². The Hall–Kier alpha value is 0.220. The highest BCUT2D eigenvalue weighted by molar-refractivity contribution is 7.33. The third-order valence-electron chi connectivity index (χ3n) is 2.20. The summed E-state index contributed by atoms with van der Waals surface area (Å²) in [6.45, 7) is 6.22. The van der Waals surface area contributed by atoms with Crippen molar-refractivity contribution in [2.24, 2.45) is 11.1 Å². The van der Waals surface area contributed by atoms with E-state index < -0.39 is 33.4 Å². The van der Waals surface area contributed by atoms with Gasteiger partial charge in [0.1, 0.15) is 0 Å². The lowest BCUT2D eigenvalue weighted by Crippen LogP contribution is -2.51. The Morgan fingerprint density at radius 3 is 1.61 bits per heavy atom. The standard InChI is InChI=1S/C8H21NO7P2/c1-6(2,5-7(3,4)9)8(10,15-17(11)12)16-18(13)14/h10,17-18H,5,9H2,1-4H3,(H,11,12)(H,13,14). The molecule has 0 fully saturated rings. The minimum absolute atomic E-state index is 0.112. The summed E-state index contributed by atoms with van der Waals surface area (Å²) in [5.74, 6) is -2.67. The summed E-state index contributed by atoms with van der Waals surface area (Å²) in [4.78, 5) is 17.5. The molecule has 0 amide bonds. The molecule has 0 aromatic carbocycles. The van der Waals surface area contributed by atoms with Crippen molar-refractivity contribution < 1.29 is 33.1 Å². The molecule has 0 aliphatic heterocycles. The van der Waals surface area contributed by atoms with Gasteiger partial charge in [0.05, 0.1) is 0 Å². The molecule has 0 radical (unpaired) electrons. The van der Waals surface area contributed by atoms with Crippen LogP contribution in [0.15, 0.2) is 0 Å². The van der Waals surface area contributed by atoms with E-state index in [4.69, 9.17) is 15.5 Å². The lowest BCUT2D eigenvalue weighted by atomic mass is 9.78. The number of hydrogen-bond acceptors (Lipinski definition) is 6. The summed E-state index contributed by atoms with van der Waals surface area (Å²) in [7, 11) is -7.15. The highest BCUT2D eigenvalue weighted by Gasteiger charge is 2.50. The van der Waals surface area contributed by atoms with Gasteiger partial charge in [0, 0.05) is 11.0 Å². The molecular formula is C8H21NO7P2. The van der Waals surface area contributed by atoms with Crippen molar-refractivity contribution in [1.29, 1.82) is 0 Å². The number of nitrogens with two attached hydrogens (primary N) is 1. The lowest BCUT2D eigenvalue weighted by molar-refractivity contribution is -0.335. The SMILES string of the molecule is CC(C)(N)CC(C)(C)C(O)(O[PH](=O)O)O[PH](=O)O. The van der Waals surface area contributed by atoms with Crippen molar-refractivity contribution in [3.8, 4) is 0 Å². The molecule has 0 spiro atoms. The fraction of sp³-hybridized carbons (Fsp3) is 1.00. The van der Waals surface area contributed by atoms with Crippen LogP contribution in [0.3, 0.4) is 0 Å². The Bertz CT molecular complexity index is 323. The second-order valence-corrected chi connectivity index (χ2v) is 6.84. The molecule has 0 bridgehead atoms. The minimum Gasteiger partial charge on any atom is -0.342 e. The Morgan fingerprint density at radius 1 is 1.06 bits per heavy atom. The molecule has 0 aromatic rings. The molecule has 0 aromatic heterocycles. The van der Waals surface area contributed by atoms with Crippen molar-refractivity contribution in [2.45, 2.75) is 45.6 Å². The monoisotopic (exact) mass is 305 g/mol. The van der Waals surface area contributed by atoms with Gasteiger partial charge in [-0.1, -0.05) is 13.8 Å². The molecule has 0 saturated heterocycles. The zero-order valence-electron chi connectivity index (χ0n) is 10.8. The van der Waals surface area contributed by atoms with Gasteiger partial charge in [-0.05, 0) is 20.3 Å². The van der Waals surface area contributed by atoms with Crippen LogP contribution in [0.5, 0.6) is 0 Å². The van der Waals surface area contributed by atoms with Crippen molar-refractivity contribution in [1.82, 2.24) is 0 Å². The largest absolute Gasteiger partial charge is 0.342 e. The third kappa shape index (κ3) is 5.91. The van der Waals surface area contributed by atoms with Crippen LogP contribution in [-0.2, 0) is 18.2 Å². The van der Waals surface area contributed by atoms with Crippen LogP contribution in [-0.4, -0.2) is 26.4 Å². The minimum atomic E-state index is -3.57. The van der Waals surface area contributed by atoms with E-state index in [1.807, 2.05) is 0 Å². The van der Waals surface area contributed by atoms with E-state index >= 15 is 0 Å². The maximum Gasteiger partial charge on any atom is 0.320 e. The van der Waals surface area contributed by atoms with Gasteiger partial charge in [-0.25, -0.2) is 0 Å². The number of rotatable bonds is 7. The molecule has 0 heterocycles. The summed E-state index contributed by atoms with van der Waals surface area (Å²) in [5.41, 5.74) is 3.76. The predicted octanol–water partition coefficient (Wildman–Crippen LogP) is 0.583. The topological polar surface area (TPSA) is 139 Å². The molecular weight excluding hydrogens is 284 g/mol. The lowest BCUT2D eigenvalue weighted by Gasteiger charge is -2.42. The van der Waals surface area contributed by atoms with Crippen LogP contribution in [0, 0.1) is 5.41 Å². The summed E-state index contributed by atoms with van der Waals surface area (Å²) in [6.07, 6.45) is 0.112. The van der Waals surface area contributed by atoms with Crippen LogP contribution in [0.1, 0.15) is 34.1 Å².